The highest BCUT2D eigenvalue weighted by atomic mass is 16.5. The summed E-state index contributed by atoms with van der Waals surface area (Å²) in [7, 11) is 0. The van der Waals surface area contributed by atoms with Crippen LogP contribution in [0.2, 0.25) is 0 Å². The van der Waals surface area contributed by atoms with Gasteiger partial charge in [-0.05, 0) is 13.8 Å². The normalized spacial score (nSPS) is 9.40. The molecule has 0 bridgehead atoms. The molecule has 0 unspecified atom stereocenters. The van der Waals surface area contributed by atoms with E-state index in [1.54, 1.807) is 12.1 Å². The first-order chi connectivity index (χ1) is 7.22. The molecule has 0 aromatic heterocycles. The summed E-state index contributed by atoms with van der Waals surface area (Å²) in [6.07, 6.45) is 0. The maximum atomic E-state index is 8.80. The van der Waals surface area contributed by atoms with E-state index < -0.39 is 0 Å². The summed E-state index contributed by atoms with van der Waals surface area (Å²) in [5, 5.41) is 8.80. The zero-order chi connectivity index (χ0) is 11.3. The minimum Gasteiger partial charge on any atom is -0.493 e. The van der Waals surface area contributed by atoms with Crippen molar-refractivity contribution in [1.29, 1.82) is 5.39 Å². The number of nitrogens with two attached hydrogens (primary N) is 1. The van der Waals surface area contributed by atoms with E-state index in [0.29, 0.717) is 30.4 Å². The molecule has 0 saturated heterocycles. The van der Waals surface area contributed by atoms with Gasteiger partial charge < -0.3 is 15.2 Å². The van der Waals surface area contributed by atoms with Gasteiger partial charge in [-0.25, -0.2) is 0 Å². The molecule has 0 aliphatic rings. The predicted octanol–water partition coefficient (Wildman–Crippen LogP) is 2.55. The molecule has 5 nitrogen and oxygen atoms in total. The van der Waals surface area contributed by atoms with Crippen LogP contribution in [0.5, 0.6) is 11.5 Å². The van der Waals surface area contributed by atoms with Crippen LogP contribution in [0.3, 0.4) is 0 Å². The topological polar surface area (TPSA) is 72.6 Å². The fourth-order valence-corrected chi connectivity index (χ4v) is 1.23. The van der Waals surface area contributed by atoms with Crippen molar-refractivity contribution in [2.24, 2.45) is 0 Å². The van der Waals surface area contributed by atoms with Crippen molar-refractivity contribution in [2.75, 3.05) is 18.9 Å². The third-order valence-corrected chi connectivity index (χ3v) is 1.78. The van der Waals surface area contributed by atoms with Crippen LogP contribution in [0.15, 0.2) is 12.1 Å². The molecule has 0 radical (unpaired) electrons. The molecule has 80 valence electrons. The second-order valence-electron chi connectivity index (χ2n) is 2.83. The molecular formula is C10H14N3O2+. The maximum Gasteiger partial charge on any atom is 0.432 e. The molecule has 0 fully saturated rings. The Balaban J connectivity index is 3.13. The molecular weight excluding hydrogens is 194 g/mol. The highest BCUT2D eigenvalue weighted by molar-refractivity contribution is 5.72. The summed E-state index contributed by atoms with van der Waals surface area (Å²) in [4.78, 5) is 3.11. The molecule has 15 heavy (non-hydrogen) atoms. The minimum absolute atomic E-state index is 0.278. The largest absolute Gasteiger partial charge is 0.493 e. The third-order valence-electron chi connectivity index (χ3n) is 1.78. The van der Waals surface area contributed by atoms with E-state index in [1.807, 2.05) is 13.8 Å². The molecule has 1 aromatic rings. The summed E-state index contributed by atoms with van der Waals surface area (Å²) < 4.78 is 10.5. The number of ether oxygens (including phenoxy) is 2. The minimum atomic E-state index is 0.278. The number of nitrogens with zero attached hydrogens (tertiary/aromatic N) is 2. The molecule has 2 N–H and O–H groups in total. The van der Waals surface area contributed by atoms with Gasteiger partial charge in [0, 0.05) is 6.07 Å². The van der Waals surface area contributed by atoms with E-state index in [1.165, 1.54) is 0 Å². The number of rotatable bonds is 4. The van der Waals surface area contributed by atoms with Crippen molar-refractivity contribution < 1.29 is 9.47 Å². The van der Waals surface area contributed by atoms with E-state index in [0.717, 1.165) is 0 Å². The third kappa shape index (κ3) is 2.50. The molecule has 0 heterocycles. The first-order valence-corrected chi connectivity index (χ1v) is 4.77. The van der Waals surface area contributed by atoms with Gasteiger partial charge in [0.25, 0.3) is 0 Å². The summed E-state index contributed by atoms with van der Waals surface area (Å²) in [5.41, 5.74) is 6.41. The lowest BCUT2D eigenvalue weighted by Gasteiger charge is -2.06. The van der Waals surface area contributed by atoms with E-state index >= 15 is 0 Å². The number of hydrogen-bond acceptors (Lipinski definition) is 4. The monoisotopic (exact) mass is 208 g/mol. The average molecular weight is 208 g/mol. The fraction of sp³-hybridized carbons (Fsp3) is 0.400. The van der Waals surface area contributed by atoms with Crippen molar-refractivity contribution in [3.8, 4) is 11.5 Å². The number of diazo groups is 1. The number of hydrogen-bond donors (Lipinski definition) is 1. The smallest absolute Gasteiger partial charge is 0.432 e. The van der Waals surface area contributed by atoms with Gasteiger partial charge in [-0.15, -0.1) is 0 Å². The van der Waals surface area contributed by atoms with Gasteiger partial charge in [-0.1, -0.05) is 0 Å². The van der Waals surface area contributed by atoms with Crippen LogP contribution in [0, 0.1) is 5.39 Å². The van der Waals surface area contributed by atoms with E-state index in [-0.39, 0.29) is 5.69 Å². The van der Waals surface area contributed by atoms with Gasteiger partial charge in [-0.3, -0.25) is 0 Å². The highest BCUT2D eigenvalue weighted by Crippen LogP contribution is 2.37. The molecule has 1 aromatic carbocycles. The fourth-order valence-electron chi connectivity index (χ4n) is 1.23. The lowest BCUT2D eigenvalue weighted by atomic mass is 10.2. The van der Waals surface area contributed by atoms with Crippen LogP contribution in [0.1, 0.15) is 13.8 Å². The zero-order valence-electron chi connectivity index (χ0n) is 8.86. The maximum absolute atomic E-state index is 8.80. The molecule has 0 aliphatic heterocycles. The first-order valence-electron chi connectivity index (χ1n) is 4.77. The lowest BCUT2D eigenvalue weighted by molar-refractivity contribution is 0.333. The van der Waals surface area contributed by atoms with Gasteiger partial charge >= 0.3 is 5.69 Å². The highest BCUT2D eigenvalue weighted by Gasteiger charge is 2.20. The molecule has 1 rings (SSSR count). The summed E-state index contributed by atoms with van der Waals surface area (Å²) >= 11 is 0. The van der Waals surface area contributed by atoms with E-state index in [2.05, 4.69) is 4.98 Å². The van der Waals surface area contributed by atoms with Gasteiger partial charge in [-0.2, -0.15) is 0 Å². The Morgan fingerprint density at radius 1 is 1.27 bits per heavy atom. The molecule has 0 spiro atoms. The number of anilines is 1. The van der Waals surface area contributed by atoms with Crippen LogP contribution in [-0.2, 0) is 0 Å². The van der Waals surface area contributed by atoms with Gasteiger partial charge in [0.2, 0.25) is 11.1 Å². The standard InChI is InChI=1S/C10H14N3O2/c1-3-14-7-5-8(11)10(15-4-2)9(6-7)13-12/h5-6H,3-4,11H2,1-2H3/q+1. The predicted molar refractivity (Wildman–Crippen MR) is 57.9 cm³/mol. The Hall–Kier alpha value is -1.96. The SMILES string of the molecule is CCOc1cc(N)c(OCC)c([N+]#N)c1. The number of nitrogen functional groups attached to an aromatic ring is 1. The van der Waals surface area contributed by atoms with Crippen LogP contribution in [-0.4, -0.2) is 13.2 Å². The Morgan fingerprint density at radius 2 is 1.93 bits per heavy atom. The Kier molecular flexibility index (Phi) is 3.75. The lowest BCUT2D eigenvalue weighted by Crippen LogP contribution is -1.99. The van der Waals surface area contributed by atoms with Crippen LogP contribution < -0.4 is 15.2 Å². The Morgan fingerprint density at radius 3 is 2.47 bits per heavy atom. The average Bonchev–Trinajstić information content (AvgIpc) is 2.22. The Bertz CT molecular complexity index is 385. The van der Waals surface area contributed by atoms with Crippen molar-refractivity contribution >= 4 is 11.4 Å². The van der Waals surface area contributed by atoms with Crippen LogP contribution >= 0.6 is 0 Å². The van der Waals surface area contributed by atoms with Gasteiger partial charge in [0.15, 0.2) is 4.98 Å². The van der Waals surface area contributed by atoms with E-state index in [9.17, 15) is 0 Å². The van der Waals surface area contributed by atoms with Crippen LogP contribution in [0.4, 0.5) is 11.4 Å². The molecule has 5 heteroatoms. The second kappa shape index (κ2) is 5.05. The summed E-state index contributed by atoms with van der Waals surface area (Å²) in [6.45, 7) is 4.68. The van der Waals surface area contributed by atoms with Crippen molar-refractivity contribution in [3.05, 3.63) is 17.1 Å². The van der Waals surface area contributed by atoms with Crippen molar-refractivity contribution in [1.82, 2.24) is 0 Å². The van der Waals surface area contributed by atoms with Crippen LogP contribution in [0.25, 0.3) is 4.98 Å². The summed E-state index contributed by atoms with van der Waals surface area (Å²) in [5.74, 6) is 0.940. The first kappa shape index (κ1) is 11.1. The Labute approximate surface area is 88.4 Å². The second-order valence-corrected chi connectivity index (χ2v) is 2.83. The van der Waals surface area contributed by atoms with Crippen molar-refractivity contribution in [3.63, 3.8) is 0 Å². The molecule has 0 aliphatic carbocycles. The summed E-state index contributed by atoms with van der Waals surface area (Å²) in [6, 6.07) is 3.22. The number of benzene rings is 1. The quantitative estimate of drug-likeness (QED) is 0.609. The zero-order valence-corrected chi connectivity index (χ0v) is 8.86. The molecule has 0 saturated carbocycles. The molecule has 0 amide bonds. The van der Waals surface area contributed by atoms with E-state index in [4.69, 9.17) is 20.6 Å². The van der Waals surface area contributed by atoms with Gasteiger partial charge in [0.05, 0.1) is 25.0 Å². The molecule has 0 atom stereocenters. The van der Waals surface area contributed by atoms with Crippen molar-refractivity contribution in [2.45, 2.75) is 13.8 Å². The van der Waals surface area contributed by atoms with Gasteiger partial charge in [0.1, 0.15) is 5.75 Å².